The van der Waals surface area contributed by atoms with Crippen molar-refractivity contribution in [2.24, 2.45) is 5.73 Å². The quantitative estimate of drug-likeness (QED) is 0.597. The molecule has 0 unspecified atom stereocenters. The van der Waals surface area contributed by atoms with E-state index < -0.39 is 0 Å². The molecule has 11 heavy (non-hydrogen) atoms. The lowest BCUT2D eigenvalue weighted by Gasteiger charge is -1.92. The van der Waals surface area contributed by atoms with E-state index in [1.54, 1.807) is 12.3 Å². The van der Waals surface area contributed by atoms with Crippen molar-refractivity contribution in [3.8, 4) is 0 Å². The summed E-state index contributed by atoms with van der Waals surface area (Å²) in [6, 6.07) is 1.84. The maximum absolute atomic E-state index is 5.34. The van der Waals surface area contributed by atoms with Crippen molar-refractivity contribution in [2.75, 3.05) is 0 Å². The van der Waals surface area contributed by atoms with E-state index in [1.807, 2.05) is 6.07 Å². The first-order chi connectivity index (χ1) is 5.27. The van der Waals surface area contributed by atoms with E-state index in [-0.39, 0.29) is 0 Å². The third kappa shape index (κ3) is 1.46. The number of nitrogens with two attached hydrogens (primary N) is 1. The molecule has 0 bridgehead atoms. The van der Waals surface area contributed by atoms with Crippen LogP contribution in [0.1, 0.15) is 5.56 Å². The highest BCUT2D eigenvalue weighted by Gasteiger charge is 1.87. The Morgan fingerprint density at radius 3 is 2.82 bits per heavy atom. The minimum atomic E-state index is 0.727. The van der Waals surface area contributed by atoms with Crippen molar-refractivity contribution in [1.82, 2.24) is 4.98 Å². The van der Waals surface area contributed by atoms with Gasteiger partial charge in [-0.15, -0.1) is 0 Å². The number of pyridine rings is 1. The van der Waals surface area contributed by atoms with Gasteiger partial charge in [0.1, 0.15) is 0 Å². The van der Waals surface area contributed by atoms with Gasteiger partial charge in [0.25, 0.3) is 0 Å². The molecule has 1 aromatic heterocycles. The summed E-state index contributed by atoms with van der Waals surface area (Å²) >= 11 is 0. The predicted octanol–water partition coefficient (Wildman–Crippen LogP) is -0.168. The highest BCUT2D eigenvalue weighted by atomic mass is 14.6. The molecule has 2 N–H and O–H groups in total. The van der Waals surface area contributed by atoms with E-state index >= 15 is 0 Å². The van der Waals surface area contributed by atoms with Crippen LogP contribution in [0, 0.1) is 0 Å². The lowest BCUT2D eigenvalue weighted by atomic mass is 10.2. The van der Waals surface area contributed by atoms with Crippen LogP contribution >= 0.6 is 0 Å². The molecule has 0 atom stereocenters. The van der Waals surface area contributed by atoms with Gasteiger partial charge in [0, 0.05) is 17.6 Å². The van der Waals surface area contributed by atoms with Crippen molar-refractivity contribution < 1.29 is 0 Å². The molecular weight excluding hydrogens is 136 g/mol. The van der Waals surface area contributed by atoms with Crippen molar-refractivity contribution >= 4 is 18.9 Å². The van der Waals surface area contributed by atoms with E-state index in [9.17, 15) is 0 Å². The molecule has 0 spiro atoms. The van der Waals surface area contributed by atoms with E-state index in [2.05, 4.69) is 18.1 Å². The van der Waals surface area contributed by atoms with E-state index in [0.717, 1.165) is 16.1 Å². The van der Waals surface area contributed by atoms with Crippen molar-refractivity contribution in [3.05, 3.63) is 35.0 Å². The summed E-state index contributed by atoms with van der Waals surface area (Å²) in [5, 5.41) is 1.61. The average Bonchev–Trinajstić information content (AvgIpc) is 2.04. The van der Waals surface area contributed by atoms with Crippen LogP contribution in [0.25, 0.3) is 18.9 Å². The molecule has 0 amide bonds. The fourth-order valence-corrected chi connectivity index (χ4v) is 0.843. The molecule has 1 aromatic rings. The van der Waals surface area contributed by atoms with Crippen LogP contribution in [0.5, 0.6) is 0 Å². The fraction of sp³-hybridized carbons (Fsp3) is 0. The second-order valence-corrected chi connectivity index (χ2v) is 2.18. The molecule has 0 aliphatic carbocycles. The lowest BCUT2D eigenvalue weighted by Crippen LogP contribution is -2.16. The summed E-state index contributed by atoms with van der Waals surface area (Å²) in [4.78, 5) is 3.99. The molecule has 0 aromatic carbocycles. The smallest absolute Gasteiger partial charge is 0.0564 e. The monoisotopic (exact) mass is 146 g/mol. The van der Waals surface area contributed by atoms with E-state index in [1.165, 1.54) is 6.20 Å². The molecule has 2 nitrogen and oxygen atoms in total. The van der Waals surface area contributed by atoms with Gasteiger partial charge in [0.05, 0.1) is 5.35 Å². The minimum Gasteiger partial charge on any atom is -0.404 e. The van der Waals surface area contributed by atoms with Gasteiger partial charge in [-0.25, -0.2) is 0 Å². The van der Waals surface area contributed by atoms with E-state index in [4.69, 9.17) is 5.73 Å². The third-order valence-corrected chi connectivity index (χ3v) is 1.42. The number of rotatable bonds is 1. The molecule has 1 heterocycles. The maximum Gasteiger partial charge on any atom is 0.0564 e. The van der Waals surface area contributed by atoms with Gasteiger partial charge in [-0.3, -0.25) is 4.98 Å². The molecule has 0 radical (unpaired) electrons. The SMILES string of the molecule is C=Cc1cc(=C)ncc1=CN. The minimum absolute atomic E-state index is 0.727. The zero-order valence-electron chi connectivity index (χ0n) is 6.25. The van der Waals surface area contributed by atoms with Gasteiger partial charge in [0.2, 0.25) is 0 Å². The first-order valence-electron chi connectivity index (χ1n) is 3.27. The summed E-state index contributed by atoms with van der Waals surface area (Å²) in [6.45, 7) is 7.34. The van der Waals surface area contributed by atoms with Crippen LogP contribution in [0.3, 0.4) is 0 Å². The number of aromatic nitrogens is 1. The Labute approximate surface area is 65.4 Å². The fourth-order valence-electron chi connectivity index (χ4n) is 0.843. The van der Waals surface area contributed by atoms with Crippen LogP contribution in [-0.4, -0.2) is 4.98 Å². The maximum atomic E-state index is 5.34. The van der Waals surface area contributed by atoms with Gasteiger partial charge in [0.15, 0.2) is 0 Å². The highest BCUT2D eigenvalue weighted by Crippen LogP contribution is 1.85. The number of hydrogen-bond donors (Lipinski definition) is 1. The Bertz CT molecular complexity index is 366. The molecule has 56 valence electrons. The number of hydrogen-bond acceptors (Lipinski definition) is 2. The Kier molecular flexibility index (Phi) is 2.06. The Morgan fingerprint density at radius 2 is 2.27 bits per heavy atom. The molecule has 2 heteroatoms. The standard InChI is InChI=1S/C9H10N2/c1-3-8-4-7(2)11-6-9(8)5-10/h3-6H,1-2,10H2. The van der Waals surface area contributed by atoms with Crippen LogP contribution < -0.4 is 16.3 Å². The van der Waals surface area contributed by atoms with Gasteiger partial charge in [-0.2, -0.15) is 0 Å². The largest absolute Gasteiger partial charge is 0.404 e. The summed E-state index contributed by atoms with van der Waals surface area (Å²) in [5.41, 5.74) is 6.31. The van der Waals surface area contributed by atoms with Gasteiger partial charge >= 0.3 is 0 Å². The normalized spacial score (nSPS) is 11.5. The Hall–Kier alpha value is -1.57. The van der Waals surface area contributed by atoms with Crippen molar-refractivity contribution in [3.63, 3.8) is 0 Å². The zero-order chi connectivity index (χ0) is 8.27. The van der Waals surface area contributed by atoms with Crippen molar-refractivity contribution in [1.29, 1.82) is 0 Å². The van der Waals surface area contributed by atoms with E-state index in [0.29, 0.717) is 0 Å². The predicted molar refractivity (Wildman–Crippen MR) is 47.8 cm³/mol. The lowest BCUT2D eigenvalue weighted by molar-refractivity contribution is 1.23. The van der Waals surface area contributed by atoms with Crippen LogP contribution in [0.4, 0.5) is 0 Å². The molecule has 0 saturated carbocycles. The van der Waals surface area contributed by atoms with Gasteiger partial charge < -0.3 is 5.73 Å². The second kappa shape index (κ2) is 3.01. The highest BCUT2D eigenvalue weighted by molar-refractivity contribution is 5.48. The molecular formula is C9H10N2. The van der Waals surface area contributed by atoms with Crippen LogP contribution in [0.15, 0.2) is 18.8 Å². The first-order valence-corrected chi connectivity index (χ1v) is 3.27. The molecule has 0 aliphatic rings. The molecule has 0 saturated heterocycles. The summed E-state index contributed by atoms with van der Waals surface area (Å²) < 4.78 is 0. The van der Waals surface area contributed by atoms with Gasteiger partial charge in [-0.05, 0) is 11.6 Å². The second-order valence-electron chi connectivity index (χ2n) is 2.18. The van der Waals surface area contributed by atoms with Crippen LogP contribution in [0.2, 0.25) is 0 Å². The molecule has 0 fully saturated rings. The molecule has 0 aliphatic heterocycles. The Morgan fingerprint density at radius 1 is 1.55 bits per heavy atom. The summed E-state index contributed by atoms with van der Waals surface area (Å²) in [6.07, 6.45) is 4.91. The number of nitrogens with zero attached hydrogens (tertiary/aromatic N) is 1. The van der Waals surface area contributed by atoms with Crippen LogP contribution in [-0.2, 0) is 0 Å². The summed E-state index contributed by atoms with van der Waals surface area (Å²) in [7, 11) is 0. The molecule has 1 rings (SSSR count). The summed E-state index contributed by atoms with van der Waals surface area (Å²) in [5.74, 6) is 0. The van der Waals surface area contributed by atoms with Crippen molar-refractivity contribution in [2.45, 2.75) is 0 Å². The zero-order valence-corrected chi connectivity index (χ0v) is 6.25. The first kappa shape index (κ1) is 7.54. The topological polar surface area (TPSA) is 38.9 Å². The average molecular weight is 146 g/mol. The Balaban J connectivity index is 3.52. The third-order valence-electron chi connectivity index (χ3n) is 1.42. The van der Waals surface area contributed by atoms with Gasteiger partial charge in [-0.1, -0.05) is 19.2 Å².